The zero-order valence-corrected chi connectivity index (χ0v) is 14.5. The molecule has 0 aromatic heterocycles. The second-order valence-electron chi connectivity index (χ2n) is 6.00. The number of ether oxygens (including phenoxy) is 2. The van der Waals surface area contributed by atoms with Gasteiger partial charge in [-0.05, 0) is 30.3 Å². The largest absolute Gasteiger partial charge is 0.490 e. The van der Waals surface area contributed by atoms with Crippen LogP contribution in [-0.4, -0.2) is 56.5 Å². The van der Waals surface area contributed by atoms with Crippen LogP contribution in [0.5, 0.6) is 5.75 Å². The van der Waals surface area contributed by atoms with Crippen LogP contribution in [0.3, 0.4) is 0 Å². The van der Waals surface area contributed by atoms with E-state index in [4.69, 9.17) is 9.47 Å². The van der Waals surface area contributed by atoms with Gasteiger partial charge in [0.05, 0.1) is 18.9 Å². The summed E-state index contributed by atoms with van der Waals surface area (Å²) in [5.41, 5.74) is 1.52. The zero-order chi connectivity index (χ0) is 18.2. The zero-order valence-electron chi connectivity index (χ0n) is 14.5. The molecule has 1 aliphatic heterocycles. The first-order valence-corrected chi connectivity index (χ1v) is 8.65. The number of aldehydes is 1. The van der Waals surface area contributed by atoms with Crippen LogP contribution in [0.1, 0.15) is 20.7 Å². The topological polar surface area (TPSA) is 67.9 Å². The third kappa shape index (κ3) is 4.91. The lowest BCUT2D eigenvalue weighted by molar-refractivity contribution is 0.0323. The van der Waals surface area contributed by atoms with Crippen molar-refractivity contribution in [3.05, 3.63) is 59.7 Å². The molecule has 0 unspecified atom stereocenters. The summed E-state index contributed by atoms with van der Waals surface area (Å²) in [6, 6.07) is 13.9. The van der Waals surface area contributed by atoms with Crippen molar-refractivity contribution in [1.82, 2.24) is 4.90 Å². The Balaban J connectivity index is 1.66. The number of anilines is 1. The minimum Gasteiger partial charge on any atom is -0.490 e. The van der Waals surface area contributed by atoms with Gasteiger partial charge in [-0.2, -0.15) is 0 Å². The van der Waals surface area contributed by atoms with Crippen molar-refractivity contribution in [2.75, 3.05) is 44.8 Å². The normalized spacial score (nSPS) is 14.6. The quantitative estimate of drug-likeness (QED) is 0.774. The Bertz CT molecular complexity index is 743. The number of rotatable bonds is 7. The molecule has 0 radical (unpaired) electrons. The first kappa shape index (κ1) is 18.1. The summed E-state index contributed by atoms with van der Waals surface area (Å²) in [6.45, 7) is 4.55. The van der Waals surface area contributed by atoms with Gasteiger partial charge in [-0.1, -0.05) is 18.2 Å². The molecule has 0 aliphatic carbocycles. The van der Waals surface area contributed by atoms with Gasteiger partial charge in [0.15, 0.2) is 0 Å². The van der Waals surface area contributed by atoms with Crippen molar-refractivity contribution in [2.45, 2.75) is 0 Å². The Morgan fingerprint density at radius 2 is 1.92 bits per heavy atom. The molecule has 1 saturated heterocycles. The Kier molecular flexibility index (Phi) is 6.35. The number of hydrogen-bond donors (Lipinski definition) is 1. The molecule has 0 spiro atoms. The smallest absolute Gasteiger partial charge is 0.255 e. The number of amides is 1. The molecule has 2 aromatic rings. The van der Waals surface area contributed by atoms with E-state index in [1.165, 1.54) is 0 Å². The van der Waals surface area contributed by atoms with Crippen LogP contribution in [0.2, 0.25) is 0 Å². The van der Waals surface area contributed by atoms with Gasteiger partial charge in [0.25, 0.3) is 5.91 Å². The van der Waals surface area contributed by atoms with E-state index in [-0.39, 0.29) is 5.91 Å². The van der Waals surface area contributed by atoms with E-state index in [0.29, 0.717) is 29.2 Å². The van der Waals surface area contributed by atoms with Crippen LogP contribution in [0, 0.1) is 0 Å². The molecule has 1 aliphatic rings. The number of carbonyl (C=O) groups excluding carboxylic acids is 2. The van der Waals surface area contributed by atoms with E-state index in [9.17, 15) is 9.59 Å². The number of carbonyl (C=O) groups is 2. The molecule has 2 aromatic carbocycles. The number of nitrogens with zero attached hydrogens (tertiary/aromatic N) is 1. The molecule has 3 rings (SSSR count). The van der Waals surface area contributed by atoms with Gasteiger partial charge in [0.1, 0.15) is 18.6 Å². The van der Waals surface area contributed by atoms with Crippen LogP contribution in [0.25, 0.3) is 0 Å². The minimum absolute atomic E-state index is 0.244. The monoisotopic (exact) mass is 354 g/mol. The summed E-state index contributed by atoms with van der Waals surface area (Å²) in [4.78, 5) is 25.8. The van der Waals surface area contributed by atoms with E-state index in [1.54, 1.807) is 42.5 Å². The predicted molar refractivity (Wildman–Crippen MR) is 99.0 cm³/mol. The standard InChI is InChI=1S/C20H22N2O4/c23-15-16-6-7-19(26-13-10-22-8-11-25-12-9-22)18(14-16)21-20(24)17-4-2-1-3-5-17/h1-7,14-15H,8-13H2,(H,21,24). The van der Waals surface area contributed by atoms with Crippen molar-refractivity contribution in [1.29, 1.82) is 0 Å². The SMILES string of the molecule is O=Cc1ccc(OCCN2CCOCC2)c(NC(=O)c2ccccc2)c1. The van der Waals surface area contributed by atoms with Crippen molar-refractivity contribution < 1.29 is 19.1 Å². The van der Waals surface area contributed by atoms with Crippen LogP contribution in [0.15, 0.2) is 48.5 Å². The third-order valence-corrected chi connectivity index (χ3v) is 4.19. The summed E-state index contributed by atoms with van der Waals surface area (Å²) < 4.78 is 11.2. The number of morpholine rings is 1. The van der Waals surface area contributed by atoms with Gasteiger partial charge < -0.3 is 14.8 Å². The molecule has 0 bridgehead atoms. The maximum atomic E-state index is 12.4. The van der Waals surface area contributed by atoms with Gasteiger partial charge in [-0.3, -0.25) is 14.5 Å². The summed E-state index contributed by atoms with van der Waals surface area (Å²) in [5.74, 6) is 0.305. The highest BCUT2D eigenvalue weighted by Crippen LogP contribution is 2.26. The van der Waals surface area contributed by atoms with Crippen LogP contribution >= 0.6 is 0 Å². The Labute approximate surface area is 152 Å². The fourth-order valence-electron chi connectivity index (χ4n) is 2.74. The van der Waals surface area contributed by atoms with Crippen molar-refractivity contribution >= 4 is 17.9 Å². The highest BCUT2D eigenvalue weighted by Gasteiger charge is 2.13. The predicted octanol–water partition coefficient (Wildman–Crippen LogP) is 2.46. The van der Waals surface area contributed by atoms with Gasteiger partial charge in [-0.15, -0.1) is 0 Å². The van der Waals surface area contributed by atoms with E-state index >= 15 is 0 Å². The summed E-state index contributed by atoms with van der Waals surface area (Å²) in [5, 5.41) is 2.83. The summed E-state index contributed by atoms with van der Waals surface area (Å²) >= 11 is 0. The first-order chi connectivity index (χ1) is 12.8. The minimum atomic E-state index is -0.244. The Morgan fingerprint density at radius 3 is 2.65 bits per heavy atom. The summed E-state index contributed by atoms with van der Waals surface area (Å²) in [7, 11) is 0. The van der Waals surface area contributed by atoms with Crippen molar-refractivity contribution in [2.24, 2.45) is 0 Å². The Morgan fingerprint density at radius 1 is 1.15 bits per heavy atom. The van der Waals surface area contributed by atoms with Crippen LogP contribution in [-0.2, 0) is 4.74 Å². The molecule has 26 heavy (non-hydrogen) atoms. The summed E-state index contributed by atoms with van der Waals surface area (Å²) in [6.07, 6.45) is 0.746. The number of nitrogens with one attached hydrogen (secondary N) is 1. The molecule has 6 heteroatoms. The van der Waals surface area contributed by atoms with E-state index < -0.39 is 0 Å². The van der Waals surface area contributed by atoms with Gasteiger partial charge in [0, 0.05) is 30.8 Å². The lowest BCUT2D eigenvalue weighted by Crippen LogP contribution is -2.38. The maximum absolute atomic E-state index is 12.4. The van der Waals surface area contributed by atoms with Crippen molar-refractivity contribution in [3.63, 3.8) is 0 Å². The molecule has 1 N–H and O–H groups in total. The highest BCUT2D eigenvalue weighted by molar-refractivity contribution is 6.05. The van der Waals surface area contributed by atoms with Crippen LogP contribution < -0.4 is 10.1 Å². The van der Waals surface area contributed by atoms with E-state index in [2.05, 4.69) is 10.2 Å². The lowest BCUT2D eigenvalue weighted by atomic mass is 10.1. The van der Waals surface area contributed by atoms with E-state index in [1.807, 2.05) is 6.07 Å². The molecule has 1 amide bonds. The number of benzene rings is 2. The third-order valence-electron chi connectivity index (χ3n) is 4.19. The second-order valence-corrected chi connectivity index (χ2v) is 6.00. The maximum Gasteiger partial charge on any atom is 0.255 e. The number of hydrogen-bond acceptors (Lipinski definition) is 5. The Hall–Kier alpha value is -2.70. The molecular formula is C20H22N2O4. The lowest BCUT2D eigenvalue weighted by Gasteiger charge is -2.26. The molecular weight excluding hydrogens is 332 g/mol. The first-order valence-electron chi connectivity index (χ1n) is 8.65. The van der Waals surface area contributed by atoms with E-state index in [0.717, 1.165) is 39.1 Å². The van der Waals surface area contributed by atoms with Gasteiger partial charge >= 0.3 is 0 Å². The highest BCUT2D eigenvalue weighted by atomic mass is 16.5. The van der Waals surface area contributed by atoms with Crippen molar-refractivity contribution in [3.8, 4) is 5.75 Å². The van der Waals surface area contributed by atoms with Gasteiger partial charge in [-0.25, -0.2) is 0 Å². The second kappa shape index (κ2) is 9.12. The molecule has 0 saturated carbocycles. The molecule has 6 nitrogen and oxygen atoms in total. The molecule has 1 fully saturated rings. The average molecular weight is 354 g/mol. The fourth-order valence-corrected chi connectivity index (χ4v) is 2.74. The molecule has 1 heterocycles. The molecule has 136 valence electrons. The average Bonchev–Trinajstić information content (AvgIpc) is 2.70. The molecule has 0 atom stereocenters. The van der Waals surface area contributed by atoms with Gasteiger partial charge in [0.2, 0.25) is 0 Å². The van der Waals surface area contributed by atoms with Crippen LogP contribution in [0.4, 0.5) is 5.69 Å². The fraction of sp³-hybridized carbons (Fsp3) is 0.300.